The van der Waals surface area contributed by atoms with Crippen molar-refractivity contribution in [1.82, 2.24) is 15.3 Å². The van der Waals surface area contributed by atoms with Crippen LogP contribution < -0.4 is 20.1 Å². The third-order valence-corrected chi connectivity index (χ3v) is 7.14. The maximum atomic E-state index is 9.05. The summed E-state index contributed by atoms with van der Waals surface area (Å²) in [5, 5.41) is 17.4. The first kappa shape index (κ1) is 24.5. The van der Waals surface area contributed by atoms with Crippen LogP contribution in [0.5, 0.6) is 11.6 Å². The average molecular weight is 516 g/mol. The van der Waals surface area contributed by atoms with Crippen LogP contribution in [0.4, 0.5) is 5.69 Å². The number of hydrogen-bond acceptors (Lipinski definition) is 6. The number of ether oxygens (including phenoxy) is 2. The molecule has 1 aliphatic rings. The first-order valence-corrected chi connectivity index (χ1v) is 13.1. The molecule has 1 aliphatic heterocycles. The molecule has 5 aromatic rings. The van der Waals surface area contributed by atoms with Gasteiger partial charge in [0.1, 0.15) is 11.9 Å². The molecule has 7 nitrogen and oxygen atoms in total. The van der Waals surface area contributed by atoms with Crippen molar-refractivity contribution in [2.75, 3.05) is 25.5 Å². The molecule has 3 aromatic carbocycles. The first-order chi connectivity index (χ1) is 19.2. The lowest BCUT2D eigenvalue weighted by molar-refractivity contribution is 0.150. The molecule has 0 aliphatic carbocycles. The molecule has 39 heavy (non-hydrogen) atoms. The SMILES string of the molecule is COc1ccc2[nH]c(-c3cnc4c(c3)NC[C@@H]([C@H](NCCc3ccc(C#N)cc3)c3ccccc3)O4)cc2c1. The summed E-state index contributed by atoms with van der Waals surface area (Å²) >= 11 is 0. The fraction of sp³-hybridized carbons (Fsp3) is 0.188. The highest BCUT2D eigenvalue weighted by Crippen LogP contribution is 2.35. The van der Waals surface area contributed by atoms with E-state index in [1.165, 1.54) is 5.56 Å². The summed E-state index contributed by atoms with van der Waals surface area (Å²) in [6.07, 6.45) is 2.56. The van der Waals surface area contributed by atoms with E-state index in [1.54, 1.807) is 7.11 Å². The summed E-state index contributed by atoms with van der Waals surface area (Å²) < 4.78 is 11.8. The van der Waals surface area contributed by atoms with Crippen LogP contribution in [0.15, 0.2) is 91.1 Å². The van der Waals surface area contributed by atoms with Crippen molar-refractivity contribution in [3.63, 3.8) is 0 Å². The highest BCUT2D eigenvalue weighted by atomic mass is 16.5. The van der Waals surface area contributed by atoms with Crippen LogP contribution in [-0.4, -0.2) is 36.3 Å². The second kappa shape index (κ2) is 10.9. The van der Waals surface area contributed by atoms with E-state index in [-0.39, 0.29) is 12.1 Å². The quantitative estimate of drug-likeness (QED) is 0.240. The van der Waals surface area contributed by atoms with Gasteiger partial charge >= 0.3 is 0 Å². The number of anilines is 1. The predicted octanol–water partition coefficient (Wildman–Crippen LogP) is 5.86. The van der Waals surface area contributed by atoms with Gasteiger partial charge < -0.3 is 25.1 Å². The fourth-order valence-electron chi connectivity index (χ4n) is 5.04. The van der Waals surface area contributed by atoms with Gasteiger partial charge in [0.2, 0.25) is 5.88 Å². The van der Waals surface area contributed by atoms with E-state index in [1.807, 2.05) is 54.7 Å². The van der Waals surface area contributed by atoms with E-state index in [2.05, 4.69) is 63.1 Å². The Morgan fingerprint density at radius 1 is 1.08 bits per heavy atom. The predicted molar refractivity (Wildman–Crippen MR) is 153 cm³/mol. The lowest BCUT2D eigenvalue weighted by atomic mass is 9.99. The van der Waals surface area contributed by atoms with Gasteiger partial charge in [-0.3, -0.25) is 0 Å². The van der Waals surface area contributed by atoms with Crippen molar-refractivity contribution in [3.8, 4) is 29.0 Å². The molecule has 3 heterocycles. The Morgan fingerprint density at radius 2 is 1.92 bits per heavy atom. The van der Waals surface area contributed by atoms with Crippen LogP contribution in [0, 0.1) is 11.3 Å². The van der Waals surface area contributed by atoms with Gasteiger partial charge in [-0.15, -0.1) is 0 Å². The maximum Gasteiger partial charge on any atom is 0.237 e. The average Bonchev–Trinajstić information content (AvgIpc) is 3.43. The minimum absolute atomic E-state index is 0.0182. The molecule has 0 spiro atoms. The van der Waals surface area contributed by atoms with Crippen molar-refractivity contribution < 1.29 is 9.47 Å². The smallest absolute Gasteiger partial charge is 0.237 e. The first-order valence-electron chi connectivity index (χ1n) is 13.1. The molecule has 0 radical (unpaired) electrons. The monoisotopic (exact) mass is 515 g/mol. The second-order valence-corrected chi connectivity index (χ2v) is 9.65. The summed E-state index contributed by atoms with van der Waals surface area (Å²) in [6, 6.07) is 30.5. The highest BCUT2D eigenvalue weighted by Gasteiger charge is 2.29. The van der Waals surface area contributed by atoms with Gasteiger partial charge in [0.25, 0.3) is 0 Å². The third-order valence-electron chi connectivity index (χ3n) is 7.14. The number of hydrogen-bond donors (Lipinski definition) is 3. The van der Waals surface area contributed by atoms with Gasteiger partial charge in [-0.05, 0) is 66.6 Å². The summed E-state index contributed by atoms with van der Waals surface area (Å²) in [5.74, 6) is 1.43. The van der Waals surface area contributed by atoms with Crippen molar-refractivity contribution in [2.45, 2.75) is 18.6 Å². The normalized spacial score (nSPS) is 15.0. The fourth-order valence-corrected chi connectivity index (χ4v) is 5.04. The maximum absolute atomic E-state index is 9.05. The van der Waals surface area contributed by atoms with Crippen molar-refractivity contribution >= 4 is 16.6 Å². The van der Waals surface area contributed by atoms with Gasteiger partial charge in [-0.2, -0.15) is 5.26 Å². The van der Waals surface area contributed by atoms with Crippen molar-refractivity contribution in [1.29, 1.82) is 5.26 Å². The van der Waals surface area contributed by atoms with Crippen LogP contribution >= 0.6 is 0 Å². The number of aromatic amines is 1. The standard InChI is InChI=1S/C32H29N5O2/c1-38-26-11-12-27-24(15-26)16-28(37-27)25-17-29-32(36-19-25)39-30(20-35-29)31(23-5-3-2-4-6-23)34-14-13-21-7-9-22(18-33)10-8-21/h2-12,15-17,19,30-31,34-35,37H,13-14,20H2,1H3/t30-,31+/m0/s1. The number of benzene rings is 3. The number of rotatable bonds is 8. The van der Waals surface area contributed by atoms with Crippen LogP contribution in [-0.2, 0) is 6.42 Å². The Morgan fingerprint density at radius 3 is 2.72 bits per heavy atom. The number of H-pyrrole nitrogens is 1. The molecule has 7 heteroatoms. The van der Waals surface area contributed by atoms with Crippen LogP contribution in [0.25, 0.3) is 22.2 Å². The van der Waals surface area contributed by atoms with E-state index in [9.17, 15) is 0 Å². The summed E-state index contributed by atoms with van der Waals surface area (Å²) in [5.41, 5.74) is 6.93. The number of nitrogens with one attached hydrogen (secondary N) is 3. The largest absolute Gasteiger partial charge is 0.497 e. The van der Waals surface area contributed by atoms with Gasteiger partial charge in [-0.25, -0.2) is 4.98 Å². The molecule has 3 N–H and O–H groups in total. The summed E-state index contributed by atoms with van der Waals surface area (Å²) in [6.45, 7) is 1.42. The van der Waals surface area contributed by atoms with Gasteiger partial charge in [0, 0.05) is 28.4 Å². The van der Waals surface area contributed by atoms with E-state index in [0.29, 0.717) is 18.0 Å². The van der Waals surface area contributed by atoms with E-state index in [4.69, 9.17) is 14.7 Å². The molecule has 0 saturated heterocycles. The highest BCUT2D eigenvalue weighted by molar-refractivity contribution is 5.87. The topological polar surface area (TPSA) is 95.0 Å². The summed E-state index contributed by atoms with van der Waals surface area (Å²) in [7, 11) is 1.67. The Hall–Kier alpha value is -4.80. The lowest BCUT2D eigenvalue weighted by Gasteiger charge is -2.33. The molecule has 2 atom stereocenters. The van der Waals surface area contributed by atoms with Crippen molar-refractivity contribution in [3.05, 3.63) is 108 Å². The van der Waals surface area contributed by atoms with E-state index >= 15 is 0 Å². The third kappa shape index (κ3) is 5.28. The number of pyridine rings is 1. The number of nitrogens with zero attached hydrogens (tertiary/aromatic N) is 2. The zero-order valence-electron chi connectivity index (χ0n) is 21.6. The molecular formula is C32H29N5O2. The molecule has 2 aromatic heterocycles. The van der Waals surface area contributed by atoms with Gasteiger partial charge in [0.05, 0.1) is 37.0 Å². The molecule has 0 fully saturated rings. The Labute approximate surface area is 227 Å². The number of aromatic nitrogens is 2. The number of methoxy groups -OCH3 is 1. The molecule has 194 valence electrons. The molecule has 0 saturated carbocycles. The summed E-state index contributed by atoms with van der Waals surface area (Å²) in [4.78, 5) is 8.16. The minimum atomic E-state index is -0.139. The second-order valence-electron chi connectivity index (χ2n) is 9.65. The molecule has 0 amide bonds. The number of fused-ring (bicyclic) bond motifs is 2. The zero-order chi connectivity index (χ0) is 26.6. The Balaban J connectivity index is 1.18. The molecule has 0 unspecified atom stereocenters. The van der Waals surface area contributed by atoms with Gasteiger partial charge in [0.15, 0.2) is 0 Å². The van der Waals surface area contributed by atoms with Crippen LogP contribution in [0.1, 0.15) is 22.7 Å². The molecule has 6 rings (SSSR count). The zero-order valence-corrected chi connectivity index (χ0v) is 21.6. The minimum Gasteiger partial charge on any atom is -0.497 e. The van der Waals surface area contributed by atoms with Crippen LogP contribution in [0.2, 0.25) is 0 Å². The Kier molecular flexibility index (Phi) is 6.86. The number of nitriles is 1. The van der Waals surface area contributed by atoms with E-state index in [0.717, 1.165) is 52.1 Å². The van der Waals surface area contributed by atoms with Gasteiger partial charge in [-0.1, -0.05) is 42.5 Å². The molecular weight excluding hydrogens is 486 g/mol. The Bertz CT molecular complexity index is 1620. The van der Waals surface area contributed by atoms with Crippen molar-refractivity contribution in [2.24, 2.45) is 0 Å². The lowest BCUT2D eigenvalue weighted by Crippen LogP contribution is -2.43. The van der Waals surface area contributed by atoms with Crippen LogP contribution in [0.3, 0.4) is 0 Å². The molecule has 0 bridgehead atoms. The van der Waals surface area contributed by atoms with E-state index < -0.39 is 0 Å².